The predicted molar refractivity (Wildman–Crippen MR) is 119 cm³/mol. The van der Waals surface area contributed by atoms with Crippen molar-refractivity contribution in [1.29, 1.82) is 0 Å². The quantitative estimate of drug-likeness (QED) is 0.457. The van der Waals surface area contributed by atoms with E-state index in [0.717, 1.165) is 58.1 Å². The summed E-state index contributed by atoms with van der Waals surface area (Å²) in [5, 5.41) is 4.26. The van der Waals surface area contributed by atoms with Gasteiger partial charge < -0.3 is 4.74 Å². The number of aryl methyl sites for hydroxylation is 2. The van der Waals surface area contributed by atoms with Crippen molar-refractivity contribution in [3.63, 3.8) is 0 Å². The molecule has 0 aliphatic rings. The molecule has 3 rings (SSSR count). The average molecular weight is 390 g/mol. The average Bonchev–Trinajstić information content (AvgIpc) is 3.13. The number of benzene rings is 1. The first-order valence-corrected chi connectivity index (χ1v) is 10.2. The Labute approximate surface area is 174 Å². The minimum atomic E-state index is 0.315. The van der Waals surface area contributed by atoms with Crippen LogP contribution in [0.1, 0.15) is 61.2 Å². The van der Waals surface area contributed by atoms with E-state index in [1.54, 1.807) is 0 Å². The lowest BCUT2D eigenvalue weighted by molar-refractivity contribution is 0.402. The van der Waals surface area contributed by atoms with Gasteiger partial charge in [0.05, 0.1) is 17.1 Å². The largest absolute Gasteiger partial charge is 0.462 e. The molecule has 4 heteroatoms. The third kappa shape index (κ3) is 4.42. The van der Waals surface area contributed by atoms with E-state index < -0.39 is 0 Å². The molecule has 0 aliphatic carbocycles. The molecular formula is C25H31N3O. The Bertz CT molecular complexity index is 1010. The maximum Gasteiger partial charge on any atom is 0.136 e. The van der Waals surface area contributed by atoms with E-state index in [1.165, 1.54) is 5.56 Å². The second-order valence-corrected chi connectivity index (χ2v) is 7.88. The minimum Gasteiger partial charge on any atom is -0.462 e. The van der Waals surface area contributed by atoms with Gasteiger partial charge in [0.1, 0.15) is 5.75 Å². The molecule has 0 fully saturated rings. The molecule has 0 atom stereocenters. The van der Waals surface area contributed by atoms with Crippen LogP contribution in [0.15, 0.2) is 48.9 Å². The van der Waals surface area contributed by atoms with Crippen LogP contribution in [0, 0.1) is 13.8 Å². The summed E-state index contributed by atoms with van der Waals surface area (Å²) in [5.41, 5.74) is 7.86. The van der Waals surface area contributed by atoms with Gasteiger partial charge in [0.2, 0.25) is 0 Å². The molecule has 0 amide bonds. The zero-order valence-corrected chi connectivity index (χ0v) is 18.4. The fourth-order valence-corrected chi connectivity index (χ4v) is 3.50. The number of hydrogen-bond donors (Lipinski definition) is 0. The van der Waals surface area contributed by atoms with Crippen molar-refractivity contribution >= 4 is 0 Å². The second kappa shape index (κ2) is 8.64. The van der Waals surface area contributed by atoms with Crippen molar-refractivity contribution < 1.29 is 4.74 Å². The van der Waals surface area contributed by atoms with E-state index in [-0.39, 0.29) is 0 Å². The van der Waals surface area contributed by atoms with E-state index >= 15 is 0 Å². The third-order valence-electron chi connectivity index (χ3n) is 5.39. The molecule has 3 aromatic rings. The molecule has 29 heavy (non-hydrogen) atoms. The molecular weight excluding hydrogens is 358 g/mol. The van der Waals surface area contributed by atoms with Gasteiger partial charge in [0.25, 0.3) is 0 Å². The van der Waals surface area contributed by atoms with Crippen LogP contribution >= 0.6 is 0 Å². The SMILES string of the molecule is C=C(CC)Oc1c(C)c(C)nc(C(C)C)c1Cc1ccc(-c2ccnn2C)cc1. The smallest absolute Gasteiger partial charge is 0.136 e. The highest BCUT2D eigenvalue weighted by Crippen LogP contribution is 2.35. The monoisotopic (exact) mass is 389 g/mol. The van der Waals surface area contributed by atoms with Crippen molar-refractivity contribution in [1.82, 2.24) is 14.8 Å². The van der Waals surface area contributed by atoms with Crippen LogP contribution in [-0.2, 0) is 13.5 Å². The fourth-order valence-electron chi connectivity index (χ4n) is 3.50. The number of rotatable bonds is 7. The van der Waals surface area contributed by atoms with Crippen molar-refractivity contribution in [3.8, 4) is 17.0 Å². The molecule has 0 saturated heterocycles. The summed E-state index contributed by atoms with van der Waals surface area (Å²) >= 11 is 0. The highest BCUT2D eigenvalue weighted by Gasteiger charge is 2.20. The lowest BCUT2D eigenvalue weighted by Gasteiger charge is -2.21. The molecule has 4 nitrogen and oxygen atoms in total. The van der Waals surface area contributed by atoms with E-state index in [4.69, 9.17) is 9.72 Å². The van der Waals surface area contributed by atoms with Gasteiger partial charge in [-0.25, -0.2) is 0 Å². The molecule has 0 bridgehead atoms. The summed E-state index contributed by atoms with van der Waals surface area (Å²) in [7, 11) is 1.96. The van der Waals surface area contributed by atoms with Gasteiger partial charge in [-0.2, -0.15) is 5.10 Å². The zero-order chi connectivity index (χ0) is 21.1. The molecule has 0 N–H and O–H groups in total. The fraction of sp³-hybridized carbons (Fsp3) is 0.360. The molecule has 0 aliphatic heterocycles. The lowest BCUT2D eigenvalue weighted by Crippen LogP contribution is -2.09. The van der Waals surface area contributed by atoms with E-state index in [2.05, 4.69) is 70.6 Å². The first kappa shape index (κ1) is 20.8. The molecule has 0 saturated carbocycles. The van der Waals surface area contributed by atoms with E-state index in [0.29, 0.717) is 5.92 Å². The number of hydrogen-bond acceptors (Lipinski definition) is 3. The first-order chi connectivity index (χ1) is 13.8. The van der Waals surface area contributed by atoms with Crippen molar-refractivity contribution in [3.05, 3.63) is 76.9 Å². The summed E-state index contributed by atoms with van der Waals surface area (Å²) in [4.78, 5) is 4.91. The summed E-state index contributed by atoms with van der Waals surface area (Å²) in [5.74, 6) is 2.01. The van der Waals surface area contributed by atoms with Gasteiger partial charge in [-0.05, 0) is 37.0 Å². The van der Waals surface area contributed by atoms with Crippen LogP contribution in [0.4, 0.5) is 0 Å². The summed E-state index contributed by atoms with van der Waals surface area (Å²) in [6.45, 7) is 14.6. The van der Waals surface area contributed by atoms with Gasteiger partial charge in [-0.15, -0.1) is 0 Å². The summed E-state index contributed by atoms with van der Waals surface area (Å²) < 4.78 is 8.11. The van der Waals surface area contributed by atoms with Crippen LogP contribution in [0.5, 0.6) is 5.75 Å². The van der Waals surface area contributed by atoms with Crippen molar-refractivity contribution in [2.24, 2.45) is 7.05 Å². The highest BCUT2D eigenvalue weighted by atomic mass is 16.5. The number of ether oxygens (including phenoxy) is 1. The van der Waals surface area contributed by atoms with E-state index in [1.807, 2.05) is 24.0 Å². The van der Waals surface area contributed by atoms with Gasteiger partial charge >= 0.3 is 0 Å². The molecule has 0 unspecified atom stereocenters. The molecule has 0 radical (unpaired) electrons. The standard InChI is InChI=1S/C25H31N3O/c1-8-17(4)29-25-18(5)19(6)27-24(16(2)3)22(25)15-20-9-11-21(12-10-20)23-13-14-26-28(23)7/h9-14,16H,4,8,15H2,1-3,5-7H3. The Hall–Kier alpha value is -2.88. The molecule has 0 spiro atoms. The third-order valence-corrected chi connectivity index (χ3v) is 5.39. The van der Waals surface area contributed by atoms with Crippen LogP contribution in [-0.4, -0.2) is 14.8 Å². The van der Waals surface area contributed by atoms with Crippen molar-refractivity contribution in [2.75, 3.05) is 0 Å². The minimum absolute atomic E-state index is 0.315. The second-order valence-electron chi connectivity index (χ2n) is 7.88. The Balaban J connectivity index is 2.02. The molecule has 2 heterocycles. The molecule has 2 aromatic heterocycles. The van der Waals surface area contributed by atoms with Gasteiger partial charge in [-0.3, -0.25) is 9.67 Å². The number of pyridine rings is 1. The Morgan fingerprint density at radius 2 is 1.83 bits per heavy atom. The Kier molecular flexibility index (Phi) is 6.21. The number of aromatic nitrogens is 3. The Morgan fingerprint density at radius 3 is 2.38 bits per heavy atom. The van der Waals surface area contributed by atoms with Crippen LogP contribution in [0.2, 0.25) is 0 Å². The highest BCUT2D eigenvalue weighted by molar-refractivity contribution is 5.60. The van der Waals surface area contributed by atoms with Crippen LogP contribution in [0.25, 0.3) is 11.3 Å². The van der Waals surface area contributed by atoms with E-state index in [9.17, 15) is 0 Å². The summed E-state index contributed by atoms with van der Waals surface area (Å²) in [6, 6.07) is 10.7. The van der Waals surface area contributed by atoms with Gasteiger partial charge in [0, 0.05) is 42.9 Å². The zero-order valence-electron chi connectivity index (χ0n) is 18.4. The van der Waals surface area contributed by atoms with Crippen molar-refractivity contribution in [2.45, 2.75) is 53.4 Å². The molecule has 152 valence electrons. The maximum atomic E-state index is 6.22. The number of nitrogens with zero attached hydrogens (tertiary/aromatic N) is 3. The van der Waals surface area contributed by atoms with Gasteiger partial charge in [-0.1, -0.05) is 51.6 Å². The maximum absolute atomic E-state index is 6.22. The lowest BCUT2D eigenvalue weighted by atomic mass is 9.94. The normalized spacial score (nSPS) is 11.1. The van der Waals surface area contributed by atoms with Crippen LogP contribution in [0.3, 0.4) is 0 Å². The number of allylic oxidation sites excluding steroid dienone is 1. The molecule has 1 aromatic carbocycles. The Morgan fingerprint density at radius 1 is 1.14 bits per heavy atom. The predicted octanol–water partition coefficient (Wildman–Crippen LogP) is 6.12. The summed E-state index contributed by atoms with van der Waals surface area (Å²) in [6.07, 6.45) is 3.39. The van der Waals surface area contributed by atoms with Crippen LogP contribution < -0.4 is 4.74 Å². The van der Waals surface area contributed by atoms with Gasteiger partial charge in [0.15, 0.2) is 0 Å². The topological polar surface area (TPSA) is 39.9 Å². The first-order valence-electron chi connectivity index (χ1n) is 10.2.